The summed E-state index contributed by atoms with van der Waals surface area (Å²) >= 11 is 0. The fourth-order valence-corrected chi connectivity index (χ4v) is 1.84. The predicted molar refractivity (Wildman–Crippen MR) is 83.6 cm³/mol. The Bertz CT molecular complexity index is 457. The lowest BCUT2D eigenvalue weighted by molar-refractivity contribution is 0.0184. The van der Waals surface area contributed by atoms with E-state index in [4.69, 9.17) is 20.8 Å². The van der Waals surface area contributed by atoms with E-state index in [1.807, 2.05) is 0 Å². The van der Waals surface area contributed by atoms with Gasteiger partial charge in [0, 0.05) is 13.0 Å². The first-order chi connectivity index (χ1) is 10.9. The number of hydrogen-bond donors (Lipinski definition) is 0. The van der Waals surface area contributed by atoms with Gasteiger partial charge in [0.25, 0.3) is 0 Å². The Morgan fingerprint density at radius 3 is 2.78 bits per heavy atom. The topological polar surface area (TPSA) is 79.5 Å². The third kappa shape index (κ3) is 9.02. The van der Waals surface area contributed by atoms with E-state index in [9.17, 15) is 10.1 Å². The first kappa shape index (κ1) is 19.2. The van der Waals surface area contributed by atoms with Gasteiger partial charge in [-0.1, -0.05) is 0 Å². The monoisotopic (exact) mass is 323 g/mol. The van der Waals surface area contributed by atoms with Crippen molar-refractivity contribution in [3.63, 3.8) is 0 Å². The standard InChI is InChI=1S/C16H25N3O4/c1-16(2,3)23-15(20)19(10-14-12-22-14)9-13(8-17)11-21-7-5-6-18-4/h13-14H,5-7,9-12H2,1-3H3. The normalized spacial score (nSPS) is 17.7. The molecule has 1 aliphatic heterocycles. The molecule has 0 bridgehead atoms. The van der Waals surface area contributed by atoms with E-state index in [1.165, 1.54) is 4.90 Å². The Kier molecular flexibility index (Phi) is 7.80. The van der Waals surface area contributed by atoms with Crippen molar-refractivity contribution in [1.29, 1.82) is 5.26 Å². The summed E-state index contributed by atoms with van der Waals surface area (Å²) in [5, 5.41) is 9.25. The molecule has 7 nitrogen and oxygen atoms in total. The van der Waals surface area contributed by atoms with Crippen LogP contribution in [0.25, 0.3) is 4.85 Å². The Balaban J connectivity index is 2.48. The van der Waals surface area contributed by atoms with Crippen molar-refractivity contribution < 1.29 is 19.0 Å². The van der Waals surface area contributed by atoms with E-state index in [2.05, 4.69) is 10.9 Å². The van der Waals surface area contributed by atoms with Crippen LogP contribution in [0.4, 0.5) is 4.79 Å². The van der Waals surface area contributed by atoms with Crippen molar-refractivity contribution in [2.24, 2.45) is 5.92 Å². The zero-order valence-electron chi connectivity index (χ0n) is 14.1. The summed E-state index contributed by atoms with van der Waals surface area (Å²) in [6.45, 7) is 14.5. The SMILES string of the molecule is [C-]#[N+]CCCOCC(C#N)CN(CC1CO1)C(=O)OC(C)(C)C. The van der Waals surface area contributed by atoms with Gasteiger partial charge in [-0.05, 0) is 20.8 Å². The first-order valence-corrected chi connectivity index (χ1v) is 7.76. The molecule has 2 atom stereocenters. The number of nitrogens with zero attached hydrogens (tertiary/aromatic N) is 3. The minimum absolute atomic E-state index is 0.0291. The Morgan fingerprint density at radius 2 is 2.26 bits per heavy atom. The molecule has 23 heavy (non-hydrogen) atoms. The van der Waals surface area contributed by atoms with Crippen molar-refractivity contribution in [1.82, 2.24) is 4.90 Å². The first-order valence-electron chi connectivity index (χ1n) is 7.76. The van der Waals surface area contributed by atoms with E-state index in [0.29, 0.717) is 32.7 Å². The second-order valence-electron chi connectivity index (χ2n) is 6.48. The summed E-state index contributed by atoms with van der Waals surface area (Å²) < 4.78 is 16.0. The average molecular weight is 323 g/mol. The number of carbonyl (C=O) groups excluding carboxylic acids is 1. The van der Waals surface area contributed by atoms with Gasteiger partial charge in [0.2, 0.25) is 6.54 Å². The maximum Gasteiger partial charge on any atom is 0.410 e. The van der Waals surface area contributed by atoms with Crippen LogP contribution >= 0.6 is 0 Å². The highest BCUT2D eigenvalue weighted by Gasteiger charge is 2.31. The van der Waals surface area contributed by atoms with Crippen molar-refractivity contribution in [3.8, 4) is 6.07 Å². The number of ether oxygens (including phenoxy) is 3. The minimum Gasteiger partial charge on any atom is -0.444 e. The van der Waals surface area contributed by atoms with Crippen LogP contribution in [0, 0.1) is 23.8 Å². The quantitative estimate of drug-likeness (QED) is 0.369. The number of amides is 1. The Labute approximate surface area is 137 Å². The van der Waals surface area contributed by atoms with Gasteiger partial charge < -0.3 is 24.0 Å². The maximum atomic E-state index is 12.3. The van der Waals surface area contributed by atoms with Crippen LogP contribution in [0.3, 0.4) is 0 Å². The third-order valence-corrected chi connectivity index (χ3v) is 2.98. The molecule has 0 aliphatic carbocycles. The fraction of sp³-hybridized carbons (Fsp3) is 0.812. The molecule has 0 N–H and O–H groups in total. The van der Waals surface area contributed by atoms with Gasteiger partial charge in [-0.25, -0.2) is 11.4 Å². The largest absolute Gasteiger partial charge is 0.444 e. The molecule has 0 radical (unpaired) electrons. The van der Waals surface area contributed by atoms with E-state index in [0.717, 1.165) is 0 Å². The van der Waals surface area contributed by atoms with Crippen molar-refractivity contribution in [2.45, 2.75) is 38.9 Å². The molecule has 1 fully saturated rings. The second kappa shape index (κ2) is 9.34. The number of epoxide rings is 1. The van der Waals surface area contributed by atoms with Gasteiger partial charge in [-0.15, -0.1) is 0 Å². The van der Waals surface area contributed by atoms with Gasteiger partial charge in [0.15, 0.2) is 0 Å². The van der Waals surface area contributed by atoms with Crippen LogP contribution in [0.2, 0.25) is 0 Å². The van der Waals surface area contributed by atoms with E-state index < -0.39 is 17.6 Å². The third-order valence-electron chi connectivity index (χ3n) is 2.98. The average Bonchev–Trinajstić information content (AvgIpc) is 3.26. The Morgan fingerprint density at radius 1 is 1.57 bits per heavy atom. The van der Waals surface area contributed by atoms with Gasteiger partial charge in [-0.2, -0.15) is 5.26 Å². The fourth-order valence-electron chi connectivity index (χ4n) is 1.84. The smallest absolute Gasteiger partial charge is 0.410 e. The lowest BCUT2D eigenvalue weighted by Gasteiger charge is -2.28. The molecule has 0 aromatic rings. The van der Waals surface area contributed by atoms with Gasteiger partial charge in [-0.3, -0.25) is 0 Å². The van der Waals surface area contributed by atoms with Crippen LogP contribution in [-0.2, 0) is 14.2 Å². The van der Waals surface area contributed by atoms with Gasteiger partial charge >= 0.3 is 6.09 Å². The van der Waals surface area contributed by atoms with E-state index in [-0.39, 0.29) is 19.3 Å². The van der Waals surface area contributed by atoms with Crippen LogP contribution in [-0.4, -0.2) is 62.2 Å². The summed E-state index contributed by atoms with van der Waals surface area (Å²) in [5.41, 5.74) is -0.585. The summed E-state index contributed by atoms with van der Waals surface area (Å²) in [6.07, 6.45) is 0.232. The zero-order chi connectivity index (χ0) is 17.3. The molecular formula is C16H25N3O4. The predicted octanol–water partition coefficient (Wildman–Crippen LogP) is 2.09. The highest BCUT2D eigenvalue weighted by Crippen LogP contribution is 2.16. The molecule has 1 saturated heterocycles. The van der Waals surface area contributed by atoms with E-state index in [1.54, 1.807) is 20.8 Å². The zero-order valence-corrected chi connectivity index (χ0v) is 14.1. The van der Waals surface area contributed by atoms with E-state index >= 15 is 0 Å². The van der Waals surface area contributed by atoms with Crippen LogP contribution < -0.4 is 0 Å². The highest BCUT2D eigenvalue weighted by molar-refractivity contribution is 5.68. The highest BCUT2D eigenvalue weighted by atomic mass is 16.6. The van der Waals surface area contributed by atoms with Crippen molar-refractivity contribution in [2.75, 3.05) is 39.5 Å². The molecule has 1 amide bonds. The van der Waals surface area contributed by atoms with Gasteiger partial charge in [0.05, 0.1) is 44.5 Å². The Hall–Kier alpha value is -1.83. The maximum absolute atomic E-state index is 12.3. The molecule has 1 heterocycles. The number of carbonyl (C=O) groups is 1. The molecule has 128 valence electrons. The molecule has 1 rings (SSSR count). The lowest BCUT2D eigenvalue weighted by atomic mass is 10.1. The number of nitriles is 1. The molecule has 0 spiro atoms. The summed E-state index contributed by atoms with van der Waals surface area (Å²) in [4.78, 5) is 17.0. The molecule has 0 aromatic heterocycles. The van der Waals surface area contributed by atoms with Crippen LogP contribution in [0.5, 0.6) is 0 Å². The minimum atomic E-state index is -0.585. The van der Waals surface area contributed by atoms with Crippen LogP contribution in [0.1, 0.15) is 27.2 Å². The number of hydrogen-bond acceptors (Lipinski definition) is 5. The van der Waals surface area contributed by atoms with Crippen LogP contribution in [0.15, 0.2) is 0 Å². The molecule has 0 aromatic carbocycles. The summed E-state index contributed by atoms with van der Waals surface area (Å²) in [5.74, 6) is -0.436. The molecule has 0 saturated carbocycles. The molecular weight excluding hydrogens is 298 g/mol. The molecule has 1 aliphatic rings. The molecule has 2 unspecified atom stereocenters. The lowest BCUT2D eigenvalue weighted by Crippen LogP contribution is -2.42. The number of rotatable bonds is 9. The second-order valence-corrected chi connectivity index (χ2v) is 6.48. The van der Waals surface area contributed by atoms with Crippen molar-refractivity contribution in [3.05, 3.63) is 11.4 Å². The molecule has 7 heteroatoms. The van der Waals surface area contributed by atoms with Crippen molar-refractivity contribution >= 4 is 6.09 Å². The van der Waals surface area contributed by atoms with Gasteiger partial charge in [0.1, 0.15) is 5.60 Å². The summed E-state index contributed by atoms with van der Waals surface area (Å²) in [7, 11) is 0. The summed E-state index contributed by atoms with van der Waals surface area (Å²) in [6, 6.07) is 2.16.